The molecule has 9 atom stereocenters. The van der Waals surface area contributed by atoms with Crippen molar-refractivity contribution in [2.75, 3.05) is 7.11 Å². The van der Waals surface area contributed by atoms with Crippen LogP contribution in [0, 0.1) is 46.3 Å². The van der Waals surface area contributed by atoms with Gasteiger partial charge in [-0.05, 0) is 111 Å². The zero-order valence-corrected chi connectivity index (χ0v) is 19.1. The van der Waals surface area contributed by atoms with E-state index in [1.54, 1.807) is 5.48 Å². The Bertz CT molecular complexity index is 609. The summed E-state index contributed by atoms with van der Waals surface area (Å²) >= 11 is 0. The van der Waals surface area contributed by atoms with Gasteiger partial charge in [0.2, 0.25) is 5.91 Å². The zero-order chi connectivity index (χ0) is 20.8. The number of nitrogens with one attached hydrogen (secondary N) is 1. The van der Waals surface area contributed by atoms with E-state index in [9.17, 15) is 4.79 Å². The maximum absolute atomic E-state index is 11.5. The van der Waals surface area contributed by atoms with Crippen molar-refractivity contribution in [2.45, 2.75) is 97.5 Å². The molecule has 0 radical (unpaired) electrons. The van der Waals surface area contributed by atoms with Crippen molar-refractivity contribution >= 4 is 5.91 Å². The van der Waals surface area contributed by atoms with E-state index in [4.69, 9.17) is 9.94 Å². The Kier molecular flexibility index (Phi) is 6.07. The van der Waals surface area contributed by atoms with Crippen molar-refractivity contribution < 1.29 is 14.7 Å². The van der Waals surface area contributed by atoms with Crippen LogP contribution in [0.5, 0.6) is 0 Å². The molecule has 4 saturated carbocycles. The monoisotopic (exact) mass is 405 g/mol. The van der Waals surface area contributed by atoms with Gasteiger partial charge in [0.15, 0.2) is 0 Å². The van der Waals surface area contributed by atoms with E-state index in [0.717, 1.165) is 36.0 Å². The van der Waals surface area contributed by atoms with Gasteiger partial charge in [0.25, 0.3) is 0 Å². The SMILES string of the molecule is CO[C@@H]1CC[C@@]2(C)C(CC[C@H]3[C@@H]4CC[C@H]([C@H](C)CCC(=O)NO)[C@@]4(C)CC[C@@H]32)C1. The van der Waals surface area contributed by atoms with Gasteiger partial charge in [0.1, 0.15) is 0 Å². The van der Waals surface area contributed by atoms with Crippen LogP contribution in [0.3, 0.4) is 0 Å². The minimum Gasteiger partial charge on any atom is -0.381 e. The molecule has 4 aliphatic carbocycles. The van der Waals surface area contributed by atoms with Gasteiger partial charge in [-0.15, -0.1) is 0 Å². The summed E-state index contributed by atoms with van der Waals surface area (Å²) in [6.07, 6.45) is 14.1. The molecule has 0 spiro atoms. The molecule has 0 bridgehead atoms. The van der Waals surface area contributed by atoms with Gasteiger partial charge < -0.3 is 4.74 Å². The molecule has 0 aliphatic heterocycles. The molecule has 0 aromatic rings. The van der Waals surface area contributed by atoms with E-state index in [-0.39, 0.29) is 5.91 Å². The summed E-state index contributed by atoms with van der Waals surface area (Å²) in [4.78, 5) is 11.5. The molecule has 4 fully saturated rings. The molecule has 4 heteroatoms. The van der Waals surface area contributed by atoms with Crippen molar-refractivity contribution in [1.29, 1.82) is 0 Å². The van der Waals surface area contributed by atoms with Crippen LogP contribution in [0.1, 0.15) is 91.4 Å². The molecular weight excluding hydrogens is 362 g/mol. The molecule has 1 amide bonds. The highest BCUT2D eigenvalue weighted by Gasteiger charge is 2.60. The lowest BCUT2D eigenvalue weighted by atomic mass is 9.44. The van der Waals surface area contributed by atoms with Gasteiger partial charge in [-0.25, -0.2) is 5.48 Å². The second-order valence-electron chi connectivity index (χ2n) is 11.6. The predicted octanol–water partition coefficient (Wildman–Crippen LogP) is 5.58. The molecule has 1 unspecified atom stereocenters. The fourth-order valence-electron chi connectivity index (χ4n) is 9.02. The van der Waals surface area contributed by atoms with Crippen LogP contribution in [0.25, 0.3) is 0 Å². The standard InChI is InChI=1S/C25H43NO3/c1-16(5-10-23(27)26-28)20-8-9-21-19-7-6-17-15-18(29-4)11-13-24(17,2)22(19)12-14-25(20,21)3/h16-22,28H,5-15H2,1-4H3,(H,26,27)/t16-,17?,18-,19+,20-,21+,22+,24+,25-/m1/s1. The van der Waals surface area contributed by atoms with E-state index < -0.39 is 0 Å². The molecule has 0 heterocycles. The van der Waals surface area contributed by atoms with Gasteiger partial charge in [-0.3, -0.25) is 10.0 Å². The summed E-state index contributed by atoms with van der Waals surface area (Å²) in [5.41, 5.74) is 2.78. The molecule has 29 heavy (non-hydrogen) atoms. The Morgan fingerprint density at radius 1 is 1.07 bits per heavy atom. The highest BCUT2D eigenvalue weighted by Crippen LogP contribution is 2.68. The Hall–Kier alpha value is -0.610. The number of methoxy groups -OCH3 is 1. The van der Waals surface area contributed by atoms with E-state index in [0.29, 0.717) is 29.3 Å². The molecule has 0 aromatic heterocycles. The Balaban J connectivity index is 1.47. The first kappa shape index (κ1) is 21.6. The van der Waals surface area contributed by atoms with E-state index in [1.165, 1.54) is 57.8 Å². The summed E-state index contributed by atoms with van der Waals surface area (Å²) in [5.74, 6) is 4.60. The van der Waals surface area contributed by atoms with Crippen molar-refractivity contribution in [3.05, 3.63) is 0 Å². The van der Waals surface area contributed by atoms with Crippen LogP contribution < -0.4 is 5.48 Å². The molecule has 0 saturated heterocycles. The minimum absolute atomic E-state index is 0.238. The Labute approximate surface area is 177 Å². The van der Waals surface area contributed by atoms with Crippen molar-refractivity contribution in [3.63, 3.8) is 0 Å². The van der Waals surface area contributed by atoms with Crippen LogP contribution in [0.15, 0.2) is 0 Å². The van der Waals surface area contributed by atoms with Gasteiger partial charge in [-0.2, -0.15) is 0 Å². The largest absolute Gasteiger partial charge is 0.381 e. The first-order chi connectivity index (χ1) is 13.8. The van der Waals surface area contributed by atoms with E-state index >= 15 is 0 Å². The van der Waals surface area contributed by atoms with Crippen LogP contribution in [0.4, 0.5) is 0 Å². The summed E-state index contributed by atoms with van der Waals surface area (Å²) < 4.78 is 5.75. The summed E-state index contributed by atoms with van der Waals surface area (Å²) in [7, 11) is 1.90. The third kappa shape index (κ3) is 3.56. The topological polar surface area (TPSA) is 58.6 Å². The summed E-state index contributed by atoms with van der Waals surface area (Å²) in [6.45, 7) is 7.56. The number of carbonyl (C=O) groups excluding carboxylic acids is 1. The van der Waals surface area contributed by atoms with Crippen LogP contribution in [0.2, 0.25) is 0 Å². The van der Waals surface area contributed by atoms with Crippen LogP contribution >= 0.6 is 0 Å². The maximum atomic E-state index is 11.5. The zero-order valence-electron chi connectivity index (χ0n) is 19.1. The molecule has 4 aliphatic rings. The number of rotatable bonds is 5. The lowest BCUT2D eigenvalue weighted by molar-refractivity contribution is -0.134. The summed E-state index contributed by atoms with van der Waals surface area (Å²) in [5, 5.41) is 8.82. The molecule has 4 rings (SSSR count). The number of amides is 1. The molecule has 2 N–H and O–H groups in total. The van der Waals surface area contributed by atoms with Gasteiger partial charge in [-0.1, -0.05) is 20.8 Å². The Morgan fingerprint density at radius 3 is 2.52 bits per heavy atom. The predicted molar refractivity (Wildman–Crippen MR) is 114 cm³/mol. The first-order valence-electron chi connectivity index (χ1n) is 12.3. The number of hydroxylamine groups is 1. The van der Waals surface area contributed by atoms with Crippen LogP contribution in [-0.4, -0.2) is 24.3 Å². The fraction of sp³-hybridized carbons (Fsp3) is 0.960. The van der Waals surface area contributed by atoms with E-state index in [2.05, 4.69) is 20.8 Å². The van der Waals surface area contributed by atoms with Crippen molar-refractivity contribution in [2.24, 2.45) is 46.3 Å². The third-order valence-electron chi connectivity index (χ3n) is 10.7. The highest BCUT2D eigenvalue weighted by molar-refractivity contribution is 5.74. The number of hydrogen-bond acceptors (Lipinski definition) is 3. The highest BCUT2D eigenvalue weighted by atomic mass is 16.5. The number of fused-ring (bicyclic) bond motifs is 5. The van der Waals surface area contributed by atoms with Gasteiger partial charge in [0.05, 0.1) is 6.10 Å². The molecule has 0 aromatic carbocycles. The van der Waals surface area contributed by atoms with Gasteiger partial charge in [0, 0.05) is 13.5 Å². The molecule has 166 valence electrons. The second kappa shape index (κ2) is 8.15. The quantitative estimate of drug-likeness (QED) is 0.463. The molecular formula is C25H43NO3. The minimum atomic E-state index is -0.238. The second-order valence-corrected chi connectivity index (χ2v) is 11.6. The number of carbonyl (C=O) groups is 1. The lowest BCUT2D eigenvalue weighted by Gasteiger charge is -2.61. The number of hydrogen-bond donors (Lipinski definition) is 2. The van der Waals surface area contributed by atoms with Crippen LogP contribution in [-0.2, 0) is 9.53 Å². The smallest absolute Gasteiger partial charge is 0.243 e. The maximum Gasteiger partial charge on any atom is 0.243 e. The fourth-order valence-corrected chi connectivity index (χ4v) is 9.02. The normalized spacial score (nSPS) is 47.6. The van der Waals surface area contributed by atoms with Crippen molar-refractivity contribution in [3.8, 4) is 0 Å². The number of ether oxygens (including phenoxy) is 1. The van der Waals surface area contributed by atoms with Gasteiger partial charge >= 0.3 is 0 Å². The first-order valence-corrected chi connectivity index (χ1v) is 12.3. The average Bonchev–Trinajstić information content (AvgIpc) is 3.08. The van der Waals surface area contributed by atoms with Crippen molar-refractivity contribution in [1.82, 2.24) is 5.48 Å². The third-order valence-corrected chi connectivity index (χ3v) is 10.7. The van der Waals surface area contributed by atoms with E-state index in [1.807, 2.05) is 7.11 Å². The average molecular weight is 406 g/mol. The summed E-state index contributed by atoms with van der Waals surface area (Å²) in [6, 6.07) is 0. The lowest BCUT2D eigenvalue weighted by Crippen LogP contribution is -2.54. The molecule has 4 nitrogen and oxygen atoms in total. The Morgan fingerprint density at radius 2 is 1.79 bits per heavy atom.